The predicted octanol–water partition coefficient (Wildman–Crippen LogP) is 4.63. The molecule has 3 unspecified atom stereocenters. The number of halogens is 7. The van der Waals surface area contributed by atoms with Crippen LogP contribution in [0.25, 0.3) is 0 Å². The molecule has 1 aliphatic carbocycles. The number of hydrogen-bond acceptors (Lipinski definition) is 2. The highest BCUT2D eigenvalue weighted by atomic mass is 19.4. The monoisotopic (exact) mass is 340 g/mol. The van der Waals surface area contributed by atoms with Gasteiger partial charge in [0.2, 0.25) is 5.60 Å². The van der Waals surface area contributed by atoms with E-state index in [9.17, 15) is 30.7 Å². The highest BCUT2D eigenvalue weighted by Gasteiger charge is 2.77. The third-order valence-corrected chi connectivity index (χ3v) is 3.91. The average Bonchev–Trinajstić information content (AvgIpc) is 2.30. The first-order chi connectivity index (χ1) is 9.79. The molecule has 0 amide bonds. The summed E-state index contributed by atoms with van der Waals surface area (Å²) in [4.78, 5) is 0. The third kappa shape index (κ3) is 3.34. The van der Waals surface area contributed by atoms with Gasteiger partial charge in [-0.1, -0.05) is 6.92 Å². The zero-order valence-electron chi connectivity index (χ0n) is 12.4. The second-order valence-electron chi connectivity index (χ2n) is 5.76. The lowest BCUT2D eigenvalue weighted by molar-refractivity contribution is -0.397. The van der Waals surface area contributed by atoms with Crippen molar-refractivity contribution in [3.63, 3.8) is 0 Å². The molecule has 0 radical (unpaired) electrons. The first-order valence-electron chi connectivity index (χ1n) is 6.83. The lowest BCUT2D eigenvalue weighted by Crippen LogP contribution is -2.68. The molecular weight excluding hydrogens is 321 g/mol. The lowest BCUT2D eigenvalue weighted by Gasteiger charge is -2.50. The molecule has 3 atom stereocenters. The van der Waals surface area contributed by atoms with Crippen molar-refractivity contribution >= 4 is 0 Å². The molecule has 1 fully saturated rings. The van der Waals surface area contributed by atoms with Crippen molar-refractivity contribution in [3.8, 4) is 0 Å². The fraction of sp³-hybridized carbons (Fsp3) is 1.00. The fourth-order valence-corrected chi connectivity index (χ4v) is 2.83. The Balaban J connectivity index is 3.32. The maximum absolute atomic E-state index is 14.4. The van der Waals surface area contributed by atoms with Crippen LogP contribution in [0.5, 0.6) is 0 Å². The van der Waals surface area contributed by atoms with Crippen LogP contribution < -0.4 is 0 Å². The third-order valence-electron chi connectivity index (χ3n) is 3.91. The van der Waals surface area contributed by atoms with E-state index in [1.807, 2.05) is 0 Å². The summed E-state index contributed by atoms with van der Waals surface area (Å²) in [7, 11) is 0. The second kappa shape index (κ2) is 6.14. The summed E-state index contributed by atoms with van der Waals surface area (Å²) < 4.78 is 105. The van der Waals surface area contributed by atoms with Gasteiger partial charge in [-0.2, -0.15) is 13.2 Å². The predicted molar refractivity (Wildman–Crippen MR) is 63.8 cm³/mol. The molecule has 1 rings (SSSR count). The van der Waals surface area contributed by atoms with Gasteiger partial charge < -0.3 is 9.47 Å². The Hall–Kier alpha value is -0.570. The van der Waals surface area contributed by atoms with Gasteiger partial charge in [-0.3, -0.25) is 0 Å². The first kappa shape index (κ1) is 19.5. The molecule has 1 aliphatic rings. The van der Waals surface area contributed by atoms with E-state index < -0.39 is 55.1 Å². The average molecular weight is 340 g/mol. The number of hydrogen-bond donors (Lipinski definition) is 0. The molecule has 0 N–H and O–H groups in total. The summed E-state index contributed by atoms with van der Waals surface area (Å²) in [6.07, 6.45) is -7.32. The number of rotatable bonds is 5. The van der Waals surface area contributed by atoms with Crippen LogP contribution in [0.3, 0.4) is 0 Å². The van der Waals surface area contributed by atoms with E-state index >= 15 is 0 Å². The molecule has 0 saturated heterocycles. The Bertz CT molecular complexity index is 378. The molecule has 0 aromatic rings. The summed E-state index contributed by atoms with van der Waals surface area (Å²) >= 11 is 0. The van der Waals surface area contributed by atoms with Crippen molar-refractivity contribution in [2.24, 2.45) is 11.8 Å². The van der Waals surface area contributed by atoms with Gasteiger partial charge in [0.1, 0.15) is 6.79 Å². The number of ether oxygens (including phenoxy) is 2. The normalized spacial score (nSPS) is 33.0. The smallest absolute Gasteiger partial charge is 0.356 e. The van der Waals surface area contributed by atoms with Crippen molar-refractivity contribution in [1.29, 1.82) is 0 Å². The van der Waals surface area contributed by atoms with Crippen molar-refractivity contribution < 1.29 is 40.2 Å². The van der Waals surface area contributed by atoms with Crippen molar-refractivity contribution in [2.75, 3.05) is 13.4 Å². The maximum atomic E-state index is 14.4. The summed E-state index contributed by atoms with van der Waals surface area (Å²) in [5, 5.41) is 0. The summed E-state index contributed by atoms with van der Waals surface area (Å²) in [5.74, 6) is -12.5. The minimum absolute atomic E-state index is 0.0531. The van der Waals surface area contributed by atoms with Crippen LogP contribution in [-0.2, 0) is 9.47 Å². The topological polar surface area (TPSA) is 18.5 Å². The molecular formula is C13H19F7O2. The van der Waals surface area contributed by atoms with Crippen LogP contribution in [0.1, 0.15) is 33.6 Å². The molecule has 1 saturated carbocycles. The Kier molecular flexibility index (Phi) is 5.44. The quantitative estimate of drug-likeness (QED) is 0.413. The van der Waals surface area contributed by atoms with Gasteiger partial charge in [-0.05, 0) is 32.6 Å². The summed E-state index contributed by atoms with van der Waals surface area (Å²) in [5.41, 5.74) is -3.98. The molecule has 9 heteroatoms. The standard InChI is InChI=1S/C13H19F7O2/c1-4-21-7-22-11(13(18,19)20)6-8(2)5-9(10(3,14)15)12(11,16)17/h8-9H,4-7H2,1-3H3. The molecule has 0 aromatic heterocycles. The minimum atomic E-state index is -5.51. The Morgan fingerprint density at radius 2 is 1.68 bits per heavy atom. The molecule has 22 heavy (non-hydrogen) atoms. The lowest BCUT2D eigenvalue weighted by atomic mass is 9.67. The first-order valence-corrected chi connectivity index (χ1v) is 6.83. The van der Waals surface area contributed by atoms with Gasteiger partial charge in [0.15, 0.2) is 0 Å². The molecule has 0 aliphatic heterocycles. The largest absolute Gasteiger partial charge is 0.423 e. The van der Waals surface area contributed by atoms with Gasteiger partial charge in [0.05, 0.1) is 5.92 Å². The summed E-state index contributed by atoms with van der Waals surface area (Å²) in [6, 6.07) is 0. The number of alkyl halides is 7. The van der Waals surface area contributed by atoms with Gasteiger partial charge in [0.25, 0.3) is 11.8 Å². The van der Waals surface area contributed by atoms with Gasteiger partial charge in [-0.15, -0.1) is 0 Å². The van der Waals surface area contributed by atoms with Gasteiger partial charge >= 0.3 is 6.18 Å². The molecule has 132 valence electrons. The SMILES string of the molecule is CCOCOC1(C(F)(F)F)CC(C)CC(C(C)(F)F)C1(F)F. The van der Waals surface area contributed by atoms with E-state index in [0.29, 0.717) is 0 Å². The van der Waals surface area contributed by atoms with Crippen molar-refractivity contribution in [1.82, 2.24) is 0 Å². The van der Waals surface area contributed by atoms with Gasteiger partial charge in [0, 0.05) is 6.61 Å². The fourth-order valence-electron chi connectivity index (χ4n) is 2.83. The molecule has 0 spiro atoms. The van der Waals surface area contributed by atoms with Crippen molar-refractivity contribution in [3.05, 3.63) is 0 Å². The minimum Gasteiger partial charge on any atom is -0.356 e. The molecule has 2 nitrogen and oxygen atoms in total. The van der Waals surface area contributed by atoms with Crippen LogP contribution in [-0.4, -0.2) is 37.0 Å². The van der Waals surface area contributed by atoms with Crippen LogP contribution >= 0.6 is 0 Å². The van der Waals surface area contributed by atoms with Crippen LogP contribution in [0.4, 0.5) is 30.7 Å². The van der Waals surface area contributed by atoms with E-state index in [4.69, 9.17) is 0 Å². The zero-order valence-corrected chi connectivity index (χ0v) is 12.4. The van der Waals surface area contributed by atoms with Crippen molar-refractivity contribution in [2.45, 2.75) is 57.2 Å². The Labute approximate surface area is 123 Å². The van der Waals surface area contributed by atoms with Crippen LogP contribution in [0, 0.1) is 11.8 Å². The molecule has 0 aromatic carbocycles. The summed E-state index contributed by atoms with van der Waals surface area (Å²) in [6.45, 7) is 1.77. The Morgan fingerprint density at radius 1 is 1.14 bits per heavy atom. The van der Waals surface area contributed by atoms with Crippen LogP contribution in [0.15, 0.2) is 0 Å². The Morgan fingerprint density at radius 3 is 2.09 bits per heavy atom. The van der Waals surface area contributed by atoms with Crippen LogP contribution in [0.2, 0.25) is 0 Å². The molecule has 0 bridgehead atoms. The van der Waals surface area contributed by atoms with E-state index in [-0.39, 0.29) is 13.5 Å². The highest BCUT2D eigenvalue weighted by Crippen LogP contribution is 2.59. The second-order valence-corrected chi connectivity index (χ2v) is 5.76. The zero-order chi connectivity index (χ0) is 17.4. The highest BCUT2D eigenvalue weighted by molar-refractivity contribution is 5.10. The molecule has 0 heterocycles. The maximum Gasteiger partial charge on any atom is 0.423 e. The van der Waals surface area contributed by atoms with E-state index in [1.54, 1.807) is 0 Å². The van der Waals surface area contributed by atoms with E-state index in [0.717, 1.165) is 0 Å². The van der Waals surface area contributed by atoms with Gasteiger partial charge in [-0.25, -0.2) is 17.6 Å². The van der Waals surface area contributed by atoms with E-state index in [2.05, 4.69) is 9.47 Å². The van der Waals surface area contributed by atoms with E-state index in [1.165, 1.54) is 13.8 Å².